The van der Waals surface area contributed by atoms with Gasteiger partial charge < -0.3 is 18.8 Å². The van der Waals surface area contributed by atoms with Gasteiger partial charge in [0.25, 0.3) is 0 Å². The molecule has 0 amide bonds. The summed E-state index contributed by atoms with van der Waals surface area (Å²) in [5, 5.41) is 1.20. The average molecular weight is 468 g/mol. The lowest BCUT2D eigenvalue weighted by Gasteiger charge is -2.28. The van der Waals surface area contributed by atoms with Crippen molar-refractivity contribution in [3.63, 3.8) is 0 Å². The van der Waals surface area contributed by atoms with Crippen molar-refractivity contribution in [2.24, 2.45) is 0 Å². The van der Waals surface area contributed by atoms with Gasteiger partial charge in [-0.1, -0.05) is 41.2 Å². The largest absolute Gasteiger partial charge is 0.744 e. The number of fused-ring (bicyclic) bond motifs is 1. The first kappa shape index (κ1) is 25.4. The van der Waals surface area contributed by atoms with Gasteiger partial charge in [-0.25, -0.2) is 8.42 Å². The van der Waals surface area contributed by atoms with Crippen molar-refractivity contribution in [2.75, 3.05) is 20.3 Å². The van der Waals surface area contributed by atoms with Crippen molar-refractivity contribution in [3.8, 4) is 0 Å². The van der Waals surface area contributed by atoms with E-state index in [-0.39, 0.29) is 4.90 Å². The number of ether oxygens (including phenoxy) is 3. The molecule has 3 rings (SSSR count). The molecular formula is C22H29NO6S2. The Morgan fingerprint density at radius 3 is 2.10 bits per heavy atom. The number of aromatic nitrogens is 1. The van der Waals surface area contributed by atoms with Crippen LogP contribution in [0.3, 0.4) is 0 Å². The van der Waals surface area contributed by atoms with E-state index >= 15 is 0 Å². The minimum atomic E-state index is -4.27. The molecule has 9 heteroatoms. The fourth-order valence-electron chi connectivity index (χ4n) is 3.00. The van der Waals surface area contributed by atoms with Crippen LogP contribution in [0.15, 0.2) is 53.4 Å². The topological polar surface area (TPSA) is 88.8 Å². The number of hydrogen-bond acceptors (Lipinski definition) is 7. The molecule has 0 aliphatic carbocycles. The Balaban J connectivity index is 0.000000262. The number of nitrogens with zero attached hydrogens (tertiary/aromatic N) is 1. The minimum absolute atomic E-state index is 0.178. The molecule has 1 aromatic heterocycles. The van der Waals surface area contributed by atoms with Gasteiger partial charge in [0.15, 0.2) is 0 Å². The summed E-state index contributed by atoms with van der Waals surface area (Å²) in [4.78, 5) is -0.178. The third-order valence-corrected chi connectivity index (χ3v) is 6.43. The maximum absolute atomic E-state index is 10.4. The summed E-state index contributed by atoms with van der Waals surface area (Å²) in [6.45, 7) is 9.39. The standard InChI is InChI=1S/C15H22NO3S.C7H8O3S/c1-5-18-15(17-4,19-6-2)11-16-12(3)20-14-10-8-7-9-13(14)16;1-6-2-4-7(5-3-6)11(8,9)10/h7-10H,5-6,11H2,1-4H3;2-5H,1H3,(H,8,9,10)/q+1;/p-1. The lowest BCUT2D eigenvalue weighted by Crippen LogP contribution is -2.53. The highest BCUT2D eigenvalue weighted by atomic mass is 32.2. The number of thiazole rings is 1. The summed E-state index contributed by atoms with van der Waals surface area (Å²) in [7, 11) is -2.65. The first-order valence-electron chi connectivity index (χ1n) is 9.89. The van der Waals surface area contributed by atoms with Crippen molar-refractivity contribution >= 4 is 31.7 Å². The van der Waals surface area contributed by atoms with Gasteiger partial charge >= 0.3 is 5.97 Å². The third kappa shape index (κ3) is 6.80. The Kier molecular flexibility index (Phi) is 9.11. The van der Waals surface area contributed by atoms with E-state index in [2.05, 4.69) is 29.7 Å². The molecule has 0 saturated heterocycles. The highest BCUT2D eigenvalue weighted by Crippen LogP contribution is 2.22. The van der Waals surface area contributed by atoms with Crippen LogP contribution in [0.2, 0.25) is 0 Å². The Hall–Kier alpha value is -1.88. The molecule has 2 aromatic carbocycles. The predicted molar refractivity (Wildman–Crippen MR) is 119 cm³/mol. The van der Waals surface area contributed by atoms with E-state index in [9.17, 15) is 13.0 Å². The molecule has 3 aromatic rings. The molecule has 0 aliphatic rings. The first-order chi connectivity index (χ1) is 14.7. The van der Waals surface area contributed by atoms with E-state index in [0.717, 1.165) is 5.56 Å². The van der Waals surface area contributed by atoms with Crippen molar-refractivity contribution in [2.45, 2.75) is 45.1 Å². The molecule has 0 saturated carbocycles. The van der Waals surface area contributed by atoms with Crippen molar-refractivity contribution in [3.05, 3.63) is 59.1 Å². The highest BCUT2D eigenvalue weighted by Gasteiger charge is 2.39. The Morgan fingerprint density at radius 2 is 1.58 bits per heavy atom. The fourth-order valence-corrected chi connectivity index (χ4v) is 4.49. The molecular weight excluding hydrogens is 438 g/mol. The zero-order chi connectivity index (χ0) is 23.1. The normalized spacial score (nSPS) is 11.9. The smallest absolute Gasteiger partial charge is 0.345 e. The lowest BCUT2D eigenvalue weighted by molar-refractivity contribution is -0.713. The zero-order valence-corrected chi connectivity index (χ0v) is 20.1. The second kappa shape index (κ2) is 11.1. The maximum atomic E-state index is 10.4. The summed E-state index contributed by atoms with van der Waals surface area (Å²) >= 11 is 1.76. The summed E-state index contributed by atoms with van der Waals surface area (Å²) in [6.07, 6.45) is 0. The van der Waals surface area contributed by atoms with Crippen LogP contribution in [0, 0.1) is 13.8 Å². The van der Waals surface area contributed by atoms with Gasteiger partial charge in [0.1, 0.15) is 14.8 Å². The van der Waals surface area contributed by atoms with Crippen LogP contribution in [0.5, 0.6) is 0 Å². The van der Waals surface area contributed by atoms with Crippen LogP contribution in [0.25, 0.3) is 10.2 Å². The molecule has 0 spiro atoms. The SMILES string of the molecule is CCOC(C[n+]1c(C)sc2ccccc21)(OC)OCC.Cc1ccc(S(=O)(=O)[O-])cc1. The van der Waals surface area contributed by atoms with Crippen LogP contribution in [-0.2, 0) is 30.9 Å². The van der Waals surface area contributed by atoms with E-state index in [0.29, 0.717) is 19.8 Å². The van der Waals surface area contributed by atoms with Crippen LogP contribution in [-0.4, -0.2) is 39.3 Å². The van der Waals surface area contributed by atoms with Crippen molar-refractivity contribution < 1.29 is 31.7 Å². The van der Waals surface area contributed by atoms with E-state index < -0.39 is 16.1 Å². The van der Waals surface area contributed by atoms with Gasteiger partial charge in [-0.2, -0.15) is 4.57 Å². The molecule has 0 N–H and O–H groups in total. The molecule has 0 unspecified atom stereocenters. The second-order valence-corrected chi connectivity index (χ2v) is 9.31. The number of aryl methyl sites for hydroxylation is 2. The quantitative estimate of drug-likeness (QED) is 0.285. The molecule has 1 heterocycles. The Bertz CT molecular complexity index is 1070. The number of hydrogen-bond donors (Lipinski definition) is 0. The average Bonchev–Trinajstić information content (AvgIpc) is 3.03. The number of para-hydroxylation sites is 1. The number of rotatable bonds is 8. The Labute approximate surface area is 187 Å². The van der Waals surface area contributed by atoms with Gasteiger partial charge in [0.2, 0.25) is 17.1 Å². The summed E-state index contributed by atoms with van der Waals surface area (Å²) in [5.41, 5.74) is 2.10. The summed E-state index contributed by atoms with van der Waals surface area (Å²) in [5.74, 6) is -1.03. The van der Waals surface area contributed by atoms with Crippen LogP contribution in [0.4, 0.5) is 0 Å². The molecule has 0 aliphatic heterocycles. The zero-order valence-electron chi connectivity index (χ0n) is 18.5. The van der Waals surface area contributed by atoms with E-state index in [4.69, 9.17) is 14.2 Å². The molecule has 0 bridgehead atoms. The molecule has 0 fully saturated rings. The maximum Gasteiger partial charge on any atom is 0.345 e. The van der Waals surface area contributed by atoms with Crippen molar-refractivity contribution in [1.82, 2.24) is 0 Å². The molecule has 170 valence electrons. The predicted octanol–water partition coefficient (Wildman–Crippen LogP) is 3.77. The van der Waals surface area contributed by atoms with Gasteiger partial charge in [-0.3, -0.25) is 0 Å². The van der Waals surface area contributed by atoms with Crippen molar-refractivity contribution in [1.29, 1.82) is 0 Å². The fraction of sp³-hybridized carbons (Fsp3) is 0.409. The summed E-state index contributed by atoms with van der Waals surface area (Å²) in [6, 6.07) is 14.1. The monoisotopic (exact) mass is 467 g/mol. The molecule has 0 atom stereocenters. The van der Waals surface area contributed by atoms with Gasteiger partial charge in [0, 0.05) is 33.3 Å². The van der Waals surface area contributed by atoms with Crippen LogP contribution in [0.1, 0.15) is 24.4 Å². The first-order valence-corrected chi connectivity index (χ1v) is 12.1. The van der Waals surface area contributed by atoms with E-state index in [1.165, 1.54) is 27.4 Å². The Morgan fingerprint density at radius 1 is 1.00 bits per heavy atom. The number of methoxy groups -OCH3 is 1. The van der Waals surface area contributed by atoms with Crippen LogP contribution < -0.4 is 4.57 Å². The van der Waals surface area contributed by atoms with Gasteiger partial charge in [-0.05, 0) is 39.0 Å². The lowest BCUT2D eigenvalue weighted by atomic mass is 10.2. The van der Waals surface area contributed by atoms with Gasteiger partial charge in [0.05, 0.1) is 4.90 Å². The summed E-state index contributed by atoms with van der Waals surface area (Å²) < 4.78 is 51.6. The molecule has 31 heavy (non-hydrogen) atoms. The molecule has 0 radical (unpaired) electrons. The number of benzene rings is 2. The highest BCUT2D eigenvalue weighted by molar-refractivity contribution is 7.85. The van der Waals surface area contributed by atoms with Crippen LogP contribution >= 0.6 is 11.3 Å². The second-order valence-electron chi connectivity index (χ2n) is 6.70. The van der Waals surface area contributed by atoms with Gasteiger partial charge in [-0.15, -0.1) is 0 Å². The van der Waals surface area contributed by atoms with E-state index in [1.54, 1.807) is 30.6 Å². The third-order valence-electron chi connectivity index (χ3n) is 4.49. The molecule has 7 nitrogen and oxygen atoms in total. The minimum Gasteiger partial charge on any atom is -0.744 e. The van der Waals surface area contributed by atoms with E-state index in [1.807, 2.05) is 26.8 Å².